The molecule has 2 heteroatoms. The molecule has 0 heterocycles. The summed E-state index contributed by atoms with van der Waals surface area (Å²) in [7, 11) is 0. The van der Waals surface area contributed by atoms with E-state index in [0.29, 0.717) is 0 Å². The molecule has 0 aliphatic carbocycles. The standard InChI is InChI=1S/C10H21IS/c11-9-7-5-3-1-2-4-6-8-10-12/h12H,1-10H2. The number of hydrogen-bond donors (Lipinski definition) is 1. The summed E-state index contributed by atoms with van der Waals surface area (Å²) in [5.74, 6) is 1.06. The van der Waals surface area contributed by atoms with Gasteiger partial charge < -0.3 is 0 Å². The van der Waals surface area contributed by atoms with Gasteiger partial charge in [0.1, 0.15) is 0 Å². The molecule has 0 saturated heterocycles. The Morgan fingerprint density at radius 1 is 0.667 bits per heavy atom. The highest BCUT2D eigenvalue weighted by molar-refractivity contribution is 14.1. The molecule has 0 unspecified atom stereocenters. The van der Waals surface area contributed by atoms with E-state index in [4.69, 9.17) is 0 Å². The first-order valence-electron chi connectivity index (χ1n) is 5.08. The normalized spacial score (nSPS) is 10.5. The third kappa shape index (κ3) is 11.1. The van der Waals surface area contributed by atoms with E-state index < -0.39 is 0 Å². The van der Waals surface area contributed by atoms with E-state index in [1.54, 1.807) is 0 Å². The van der Waals surface area contributed by atoms with Crippen molar-refractivity contribution in [2.75, 3.05) is 10.2 Å². The Morgan fingerprint density at radius 2 is 1.08 bits per heavy atom. The van der Waals surface area contributed by atoms with E-state index in [1.807, 2.05) is 0 Å². The maximum Gasteiger partial charge on any atom is -0.000473 e. The zero-order chi connectivity index (χ0) is 9.07. The van der Waals surface area contributed by atoms with Crippen molar-refractivity contribution in [3.63, 3.8) is 0 Å². The van der Waals surface area contributed by atoms with Crippen molar-refractivity contribution in [2.24, 2.45) is 0 Å². The minimum atomic E-state index is 1.06. The monoisotopic (exact) mass is 300 g/mol. The van der Waals surface area contributed by atoms with Crippen molar-refractivity contribution in [3.05, 3.63) is 0 Å². The summed E-state index contributed by atoms with van der Waals surface area (Å²) >= 11 is 6.65. The maximum absolute atomic E-state index is 4.19. The quantitative estimate of drug-likeness (QED) is 0.276. The molecule has 0 radical (unpaired) electrons. The molecule has 0 nitrogen and oxygen atoms in total. The molecular weight excluding hydrogens is 279 g/mol. The predicted molar refractivity (Wildman–Crippen MR) is 69.7 cm³/mol. The fourth-order valence-electron chi connectivity index (χ4n) is 1.27. The number of thiol groups is 1. The van der Waals surface area contributed by atoms with Crippen molar-refractivity contribution in [2.45, 2.75) is 51.4 Å². The van der Waals surface area contributed by atoms with Crippen LogP contribution in [0.3, 0.4) is 0 Å². The van der Waals surface area contributed by atoms with Crippen LogP contribution in [0.1, 0.15) is 51.4 Å². The smallest absolute Gasteiger partial charge is 0.000473 e. The summed E-state index contributed by atoms with van der Waals surface area (Å²) in [4.78, 5) is 0. The van der Waals surface area contributed by atoms with Gasteiger partial charge in [-0.25, -0.2) is 0 Å². The molecule has 0 N–H and O–H groups in total. The first-order valence-corrected chi connectivity index (χ1v) is 7.24. The second-order valence-electron chi connectivity index (χ2n) is 3.24. The molecule has 0 rings (SSSR count). The zero-order valence-electron chi connectivity index (χ0n) is 7.90. The topological polar surface area (TPSA) is 0 Å². The number of hydrogen-bond acceptors (Lipinski definition) is 1. The van der Waals surface area contributed by atoms with Gasteiger partial charge in [-0.3, -0.25) is 0 Å². The highest BCUT2D eigenvalue weighted by atomic mass is 127. The summed E-state index contributed by atoms with van der Waals surface area (Å²) in [6.07, 6.45) is 11.3. The van der Waals surface area contributed by atoms with Crippen molar-refractivity contribution in [1.29, 1.82) is 0 Å². The van der Waals surface area contributed by atoms with E-state index in [1.165, 1.54) is 55.8 Å². The van der Waals surface area contributed by atoms with Crippen molar-refractivity contribution in [1.82, 2.24) is 0 Å². The molecule has 0 aliphatic heterocycles. The minimum absolute atomic E-state index is 1.06. The van der Waals surface area contributed by atoms with Gasteiger partial charge in [-0.05, 0) is 23.0 Å². The summed E-state index contributed by atoms with van der Waals surface area (Å²) in [6.45, 7) is 0. The number of halogens is 1. The van der Waals surface area contributed by atoms with Gasteiger partial charge in [0.15, 0.2) is 0 Å². The molecule has 0 bridgehead atoms. The second kappa shape index (κ2) is 12.1. The lowest BCUT2D eigenvalue weighted by Gasteiger charge is -1.99. The van der Waals surface area contributed by atoms with Gasteiger partial charge in [0, 0.05) is 0 Å². The largest absolute Gasteiger partial charge is 0.179 e. The summed E-state index contributed by atoms with van der Waals surface area (Å²) in [6, 6.07) is 0. The first-order chi connectivity index (χ1) is 5.91. The summed E-state index contributed by atoms with van der Waals surface area (Å²) in [5.41, 5.74) is 0. The van der Waals surface area contributed by atoms with Crippen molar-refractivity contribution >= 4 is 35.2 Å². The van der Waals surface area contributed by atoms with Crippen LogP contribution in [-0.4, -0.2) is 10.2 Å². The SMILES string of the molecule is SCCCCCCCCCCI. The van der Waals surface area contributed by atoms with Crippen LogP contribution >= 0.6 is 35.2 Å². The Kier molecular flexibility index (Phi) is 13.2. The molecule has 0 aromatic carbocycles. The van der Waals surface area contributed by atoms with E-state index >= 15 is 0 Å². The molecule has 0 aliphatic rings. The molecule has 0 saturated carbocycles. The van der Waals surface area contributed by atoms with Gasteiger partial charge in [-0.15, -0.1) is 0 Å². The van der Waals surface area contributed by atoms with Gasteiger partial charge in [0.25, 0.3) is 0 Å². The summed E-state index contributed by atoms with van der Waals surface area (Å²) in [5, 5.41) is 0. The lowest BCUT2D eigenvalue weighted by Crippen LogP contribution is -1.82. The van der Waals surface area contributed by atoms with Gasteiger partial charge in [-0.1, -0.05) is 61.1 Å². The van der Waals surface area contributed by atoms with Crippen LogP contribution in [0.15, 0.2) is 0 Å². The molecule has 0 fully saturated rings. The number of unbranched alkanes of at least 4 members (excludes halogenated alkanes) is 7. The van der Waals surface area contributed by atoms with Crippen LogP contribution < -0.4 is 0 Å². The third-order valence-corrected chi connectivity index (χ3v) is 3.12. The average molecular weight is 300 g/mol. The zero-order valence-corrected chi connectivity index (χ0v) is 10.9. The average Bonchev–Trinajstić information content (AvgIpc) is 2.10. The number of alkyl halides is 1. The Bertz CT molecular complexity index is 66.2. The first kappa shape index (κ1) is 13.1. The van der Waals surface area contributed by atoms with E-state index in [0.717, 1.165) is 5.75 Å². The second-order valence-corrected chi connectivity index (χ2v) is 4.77. The fraction of sp³-hybridized carbons (Fsp3) is 1.00. The molecular formula is C10H21IS. The highest BCUT2D eigenvalue weighted by Gasteiger charge is 1.90. The van der Waals surface area contributed by atoms with Crippen molar-refractivity contribution in [3.8, 4) is 0 Å². The van der Waals surface area contributed by atoms with Crippen LogP contribution in [0.2, 0.25) is 0 Å². The van der Waals surface area contributed by atoms with E-state index in [9.17, 15) is 0 Å². The summed E-state index contributed by atoms with van der Waals surface area (Å²) < 4.78 is 1.33. The van der Waals surface area contributed by atoms with Crippen LogP contribution in [-0.2, 0) is 0 Å². The molecule has 0 spiro atoms. The Balaban J connectivity index is 2.73. The fourth-order valence-corrected chi connectivity index (χ4v) is 2.03. The molecule has 0 atom stereocenters. The lowest BCUT2D eigenvalue weighted by atomic mass is 10.1. The molecule has 0 aromatic heterocycles. The van der Waals surface area contributed by atoms with Crippen LogP contribution in [0.5, 0.6) is 0 Å². The molecule has 74 valence electrons. The van der Waals surface area contributed by atoms with Gasteiger partial charge in [0.05, 0.1) is 0 Å². The molecule has 12 heavy (non-hydrogen) atoms. The van der Waals surface area contributed by atoms with Gasteiger partial charge in [-0.2, -0.15) is 12.6 Å². The van der Waals surface area contributed by atoms with E-state index in [2.05, 4.69) is 35.2 Å². The van der Waals surface area contributed by atoms with Gasteiger partial charge >= 0.3 is 0 Å². The van der Waals surface area contributed by atoms with Crippen molar-refractivity contribution < 1.29 is 0 Å². The maximum atomic E-state index is 4.19. The predicted octanol–water partition coefficient (Wildman–Crippen LogP) is 4.47. The minimum Gasteiger partial charge on any atom is -0.179 e. The Labute approximate surface area is 96.4 Å². The molecule has 0 amide bonds. The van der Waals surface area contributed by atoms with Crippen LogP contribution in [0.25, 0.3) is 0 Å². The highest BCUT2D eigenvalue weighted by Crippen LogP contribution is 2.09. The van der Waals surface area contributed by atoms with Gasteiger partial charge in [0.2, 0.25) is 0 Å². The number of rotatable bonds is 9. The molecule has 0 aromatic rings. The van der Waals surface area contributed by atoms with Crippen LogP contribution in [0.4, 0.5) is 0 Å². The lowest BCUT2D eigenvalue weighted by molar-refractivity contribution is 0.589. The Hall–Kier alpha value is 1.08. The Morgan fingerprint density at radius 3 is 1.50 bits per heavy atom. The van der Waals surface area contributed by atoms with E-state index in [-0.39, 0.29) is 0 Å². The third-order valence-electron chi connectivity index (χ3n) is 2.04. The van der Waals surface area contributed by atoms with Crippen LogP contribution in [0, 0.1) is 0 Å².